The Kier molecular flexibility index (Phi) is 8.88. The summed E-state index contributed by atoms with van der Waals surface area (Å²) in [4.78, 5) is 44.9. The van der Waals surface area contributed by atoms with E-state index in [1.54, 1.807) is 78.8 Å². The molecule has 2 aromatic carbocycles. The number of carbonyl (C=O) groups is 2. The number of ether oxygens (including phenoxy) is 1. The van der Waals surface area contributed by atoms with Crippen LogP contribution in [0.5, 0.6) is 0 Å². The molecule has 0 aliphatic carbocycles. The average molecular weight is 600 g/mol. The van der Waals surface area contributed by atoms with Crippen LogP contribution in [0.25, 0.3) is 11.1 Å². The first-order chi connectivity index (χ1) is 21.0. The highest BCUT2D eigenvalue weighted by Gasteiger charge is 2.21. The summed E-state index contributed by atoms with van der Waals surface area (Å²) >= 11 is 0. The van der Waals surface area contributed by atoms with Gasteiger partial charge >= 0.3 is 0 Å². The van der Waals surface area contributed by atoms with Crippen LogP contribution in [-0.4, -0.2) is 57.7 Å². The molecule has 0 saturated carbocycles. The molecule has 3 N–H and O–H groups in total. The molecule has 2 amide bonds. The number of alkyl halides is 1. The van der Waals surface area contributed by atoms with Crippen LogP contribution in [0.2, 0.25) is 0 Å². The van der Waals surface area contributed by atoms with Gasteiger partial charge in [-0.3, -0.25) is 14.4 Å². The highest BCUT2D eigenvalue weighted by molar-refractivity contribution is 6.05. The van der Waals surface area contributed by atoms with E-state index < -0.39 is 11.6 Å². The summed E-state index contributed by atoms with van der Waals surface area (Å²) in [5.74, 6) is -0.165. The number of anilines is 3. The maximum atomic E-state index is 14.2. The van der Waals surface area contributed by atoms with E-state index in [1.807, 2.05) is 0 Å². The van der Waals surface area contributed by atoms with E-state index in [1.165, 1.54) is 24.6 Å². The van der Waals surface area contributed by atoms with Crippen LogP contribution in [0.3, 0.4) is 0 Å². The van der Waals surface area contributed by atoms with Gasteiger partial charge in [-0.2, -0.15) is 0 Å². The van der Waals surface area contributed by atoms with E-state index in [-0.39, 0.29) is 23.8 Å². The lowest BCUT2D eigenvalue weighted by atomic mass is 9.98. The van der Waals surface area contributed by atoms with Gasteiger partial charge in [0.05, 0.1) is 25.4 Å². The molecule has 0 radical (unpaired) electrons. The Bertz CT molecular complexity index is 1720. The third-order valence-corrected chi connectivity index (χ3v) is 7.48. The van der Waals surface area contributed by atoms with E-state index in [9.17, 15) is 23.9 Å². The maximum Gasteiger partial charge on any atom is 0.274 e. The zero-order chi connectivity index (χ0) is 31.4. The minimum absolute atomic E-state index is 0.130. The summed E-state index contributed by atoms with van der Waals surface area (Å²) in [6, 6.07) is 16.4. The van der Waals surface area contributed by atoms with Gasteiger partial charge in [0.25, 0.3) is 17.4 Å². The molecule has 2 aromatic heterocycles. The lowest BCUT2D eigenvalue weighted by Gasteiger charge is -2.26. The third kappa shape index (κ3) is 6.69. The predicted molar refractivity (Wildman–Crippen MR) is 166 cm³/mol. The lowest BCUT2D eigenvalue weighted by molar-refractivity contribution is 0.0302. The molecule has 1 saturated heterocycles. The number of halogens is 1. The molecule has 5 rings (SSSR count). The molecule has 4 aromatic rings. The number of pyridine rings is 2. The second kappa shape index (κ2) is 12.8. The van der Waals surface area contributed by atoms with Crippen LogP contribution in [0, 0.1) is 0 Å². The molecule has 3 heterocycles. The molecule has 0 atom stereocenters. The Morgan fingerprint density at radius 1 is 1.02 bits per heavy atom. The molecule has 0 unspecified atom stereocenters. The Hall–Kier alpha value is -4.87. The van der Waals surface area contributed by atoms with Crippen LogP contribution < -0.4 is 16.2 Å². The van der Waals surface area contributed by atoms with Crippen LogP contribution in [0.4, 0.5) is 21.6 Å². The molecule has 10 nitrogen and oxygen atoms in total. The van der Waals surface area contributed by atoms with Crippen molar-refractivity contribution >= 4 is 29.0 Å². The highest BCUT2D eigenvalue weighted by Crippen LogP contribution is 2.31. The average Bonchev–Trinajstić information content (AvgIpc) is 3.03. The minimum atomic E-state index is -1.53. The highest BCUT2D eigenvalue weighted by atomic mass is 19.1. The van der Waals surface area contributed by atoms with Crippen LogP contribution in [0.1, 0.15) is 45.7 Å². The Labute approximate surface area is 254 Å². The number of benzene rings is 2. The summed E-state index contributed by atoms with van der Waals surface area (Å²) in [5, 5.41) is 16.2. The molecule has 11 heteroatoms. The predicted octanol–water partition coefficient (Wildman–Crippen LogP) is 4.61. The second-order valence-electron chi connectivity index (χ2n) is 11.0. The first-order valence-electron chi connectivity index (χ1n) is 14.2. The van der Waals surface area contributed by atoms with E-state index in [0.717, 1.165) is 0 Å². The van der Waals surface area contributed by atoms with Gasteiger partial charge in [-0.25, -0.2) is 9.37 Å². The van der Waals surface area contributed by atoms with Gasteiger partial charge in [-0.05, 0) is 61.4 Å². The molecule has 0 bridgehead atoms. The fourth-order valence-electron chi connectivity index (χ4n) is 4.99. The van der Waals surface area contributed by atoms with Crippen molar-refractivity contribution in [2.24, 2.45) is 7.05 Å². The molecule has 228 valence electrons. The quantitative estimate of drug-likeness (QED) is 0.270. The first kappa shape index (κ1) is 30.6. The molecule has 44 heavy (non-hydrogen) atoms. The Balaban J connectivity index is 1.38. The molecule has 1 aliphatic rings. The van der Waals surface area contributed by atoms with Crippen molar-refractivity contribution in [2.75, 3.05) is 36.9 Å². The standard InChI is InChI=1S/C33H34FN5O5/c1-33(2,34)24-10-7-21(8-11-24)30(41)37-27-6-4-5-25(26(27)20-40)23-17-28(32(43)38(3)19-23)36-29-12-9-22(18-35-29)31(42)39-13-15-44-16-14-39/h4-12,17-19,40H,13-16,20H2,1-3H3,(H,35,36)(H,37,41). The normalized spacial score (nSPS) is 13.4. The van der Waals surface area contributed by atoms with Crippen LogP contribution in [0.15, 0.2) is 77.9 Å². The SMILES string of the molecule is Cn1cc(-c2cccc(NC(=O)c3ccc(C(C)(C)F)cc3)c2CO)cc(Nc2ccc(C(=O)N3CCOCC3)cn2)c1=O. The molecular formula is C33H34FN5O5. The van der Waals surface area contributed by atoms with Gasteiger partial charge in [0.15, 0.2) is 0 Å². The van der Waals surface area contributed by atoms with Gasteiger partial charge in [0.2, 0.25) is 0 Å². The summed E-state index contributed by atoms with van der Waals surface area (Å²) in [7, 11) is 1.61. The lowest BCUT2D eigenvalue weighted by Crippen LogP contribution is -2.40. The van der Waals surface area contributed by atoms with Crippen LogP contribution in [-0.2, 0) is 24.1 Å². The largest absolute Gasteiger partial charge is 0.392 e. The number of aliphatic hydroxyl groups is 1. The number of nitrogens with zero attached hydrogens (tertiary/aromatic N) is 3. The van der Waals surface area contributed by atoms with Gasteiger partial charge in [0.1, 0.15) is 17.2 Å². The number of hydrogen-bond acceptors (Lipinski definition) is 7. The fourth-order valence-corrected chi connectivity index (χ4v) is 4.99. The number of hydrogen-bond donors (Lipinski definition) is 3. The fraction of sp³-hybridized carbons (Fsp3) is 0.273. The first-order valence-corrected chi connectivity index (χ1v) is 14.2. The number of rotatable bonds is 8. The minimum Gasteiger partial charge on any atom is -0.392 e. The Morgan fingerprint density at radius 3 is 2.36 bits per heavy atom. The summed E-state index contributed by atoms with van der Waals surface area (Å²) in [5.41, 5.74) is 1.71. The second-order valence-corrected chi connectivity index (χ2v) is 11.0. The van der Waals surface area contributed by atoms with Gasteiger partial charge in [-0.1, -0.05) is 24.3 Å². The van der Waals surface area contributed by atoms with Crippen molar-refractivity contribution in [3.8, 4) is 11.1 Å². The number of carbonyl (C=O) groups excluding carboxylic acids is 2. The van der Waals surface area contributed by atoms with Crippen molar-refractivity contribution in [2.45, 2.75) is 26.1 Å². The number of morpholine rings is 1. The summed E-state index contributed by atoms with van der Waals surface area (Å²) in [6.07, 6.45) is 3.11. The van der Waals surface area contributed by atoms with Crippen LogP contribution >= 0.6 is 0 Å². The zero-order valence-electron chi connectivity index (χ0n) is 24.8. The topological polar surface area (TPSA) is 126 Å². The third-order valence-electron chi connectivity index (χ3n) is 7.48. The molecule has 1 fully saturated rings. The number of nitrogens with one attached hydrogen (secondary N) is 2. The van der Waals surface area contributed by atoms with Crippen molar-refractivity contribution in [1.82, 2.24) is 14.5 Å². The van der Waals surface area contributed by atoms with Gasteiger partial charge in [-0.15, -0.1) is 0 Å². The Morgan fingerprint density at radius 2 is 1.73 bits per heavy atom. The molecule has 1 aliphatic heterocycles. The van der Waals surface area contributed by atoms with E-state index in [0.29, 0.717) is 71.2 Å². The monoisotopic (exact) mass is 599 g/mol. The number of aryl methyl sites for hydroxylation is 1. The van der Waals surface area contributed by atoms with E-state index in [2.05, 4.69) is 15.6 Å². The van der Waals surface area contributed by atoms with Gasteiger partial charge < -0.3 is 29.9 Å². The van der Waals surface area contributed by atoms with Crippen molar-refractivity contribution in [3.63, 3.8) is 0 Å². The summed E-state index contributed by atoms with van der Waals surface area (Å²) in [6.45, 7) is 4.56. The van der Waals surface area contributed by atoms with Gasteiger partial charge in [0, 0.05) is 54.9 Å². The number of aromatic nitrogens is 2. The number of amides is 2. The van der Waals surface area contributed by atoms with E-state index in [4.69, 9.17) is 4.74 Å². The molecular weight excluding hydrogens is 565 g/mol. The van der Waals surface area contributed by atoms with E-state index >= 15 is 0 Å². The number of aliphatic hydroxyl groups excluding tert-OH is 1. The summed E-state index contributed by atoms with van der Waals surface area (Å²) < 4.78 is 21.0. The van der Waals surface area contributed by atoms with Crippen molar-refractivity contribution < 1.29 is 23.8 Å². The smallest absolute Gasteiger partial charge is 0.274 e. The molecule has 0 spiro atoms. The maximum absolute atomic E-state index is 14.2. The zero-order valence-corrected chi connectivity index (χ0v) is 24.8. The van der Waals surface area contributed by atoms with Crippen molar-refractivity contribution in [3.05, 3.63) is 106 Å². The van der Waals surface area contributed by atoms with Crippen molar-refractivity contribution in [1.29, 1.82) is 0 Å².